The van der Waals surface area contributed by atoms with Gasteiger partial charge in [0.15, 0.2) is 0 Å². The lowest BCUT2D eigenvalue weighted by atomic mass is 9.82. The number of ether oxygens (including phenoxy) is 1. The Hall–Kier alpha value is -0.980. The molecule has 1 aliphatic rings. The monoisotopic (exact) mass is 203 g/mol. The van der Waals surface area contributed by atoms with E-state index in [1.165, 1.54) is 43.2 Å². The molecule has 1 aliphatic carbocycles. The van der Waals surface area contributed by atoms with Crippen LogP contribution in [-0.2, 0) is 0 Å². The molecule has 0 aromatic heterocycles. The predicted octanol–water partition coefficient (Wildman–Crippen LogP) is 3.89. The quantitative estimate of drug-likeness (QED) is 0.708. The van der Waals surface area contributed by atoms with Crippen LogP contribution >= 0.6 is 0 Å². The van der Waals surface area contributed by atoms with Gasteiger partial charge >= 0.3 is 0 Å². The largest absolute Gasteiger partial charge is 0.497 e. The molecule has 81 valence electrons. The lowest BCUT2D eigenvalue weighted by Gasteiger charge is -2.23. The van der Waals surface area contributed by atoms with Crippen LogP contribution < -0.4 is 4.74 Å². The topological polar surface area (TPSA) is 9.23 Å². The zero-order valence-corrected chi connectivity index (χ0v) is 9.68. The molecule has 0 N–H and O–H groups in total. The molecule has 0 saturated heterocycles. The summed E-state index contributed by atoms with van der Waals surface area (Å²) < 4.78 is 5.29. The molecule has 1 aromatic carbocycles. The minimum atomic E-state index is 0.980. The molecule has 0 atom stereocenters. The van der Waals surface area contributed by atoms with Crippen molar-refractivity contribution in [3.05, 3.63) is 35.2 Å². The third-order valence-electron chi connectivity index (χ3n) is 3.28. The van der Waals surface area contributed by atoms with Crippen LogP contribution in [0.4, 0.5) is 0 Å². The third kappa shape index (κ3) is 2.34. The van der Waals surface area contributed by atoms with E-state index in [4.69, 9.17) is 4.74 Å². The molecule has 0 bridgehead atoms. The predicted molar refractivity (Wildman–Crippen MR) is 63.2 cm³/mol. The number of rotatable bonds is 2. The van der Waals surface area contributed by atoms with E-state index in [-0.39, 0.29) is 0 Å². The smallest absolute Gasteiger partial charge is 0.119 e. The molecule has 1 fully saturated rings. The number of hydrogen-bond donors (Lipinski definition) is 0. The van der Waals surface area contributed by atoms with Crippen molar-refractivity contribution >= 4 is 0 Å². The maximum atomic E-state index is 5.29. The van der Waals surface area contributed by atoms with Gasteiger partial charge in [0, 0.05) is 5.92 Å². The highest BCUT2D eigenvalue weighted by atomic mass is 16.5. The molecule has 1 heteroatoms. The van der Waals surface area contributed by atoms with Gasteiger partial charge in [-0.3, -0.25) is 0 Å². The summed E-state index contributed by atoms with van der Waals surface area (Å²) in [5.74, 6) is 2.60. The van der Waals surface area contributed by atoms with E-state index in [1.54, 1.807) is 13.0 Å². The molecule has 2 rings (SSSR count). The average molecular weight is 203 g/mol. The van der Waals surface area contributed by atoms with E-state index in [0.717, 1.165) is 5.75 Å². The molecular weight excluding hydrogens is 184 g/mol. The maximum Gasteiger partial charge on any atom is 0.119 e. The minimum absolute atomic E-state index is 0.980. The summed E-state index contributed by atoms with van der Waals surface area (Å²) in [6.45, 7) is 2.19. The summed E-state index contributed by atoms with van der Waals surface area (Å²) >= 11 is 0. The number of benzene rings is 1. The van der Waals surface area contributed by atoms with Crippen molar-refractivity contribution in [2.45, 2.75) is 39.0 Å². The summed E-state index contributed by atoms with van der Waals surface area (Å²) in [6.07, 6.45) is 6.65. The van der Waals surface area contributed by atoms with Crippen molar-refractivity contribution < 1.29 is 4.74 Å². The van der Waals surface area contributed by atoms with E-state index in [1.807, 2.05) is 6.07 Å². The summed E-state index contributed by atoms with van der Waals surface area (Å²) in [6, 6.07) is 6.40. The Morgan fingerprint density at radius 1 is 1.07 bits per heavy atom. The second-order valence-electron chi connectivity index (χ2n) is 4.35. The normalized spacial score (nSPS) is 17.7. The lowest BCUT2D eigenvalue weighted by Crippen LogP contribution is -2.07. The van der Waals surface area contributed by atoms with Gasteiger partial charge in [-0.25, -0.2) is 0 Å². The van der Waals surface area contributed by atoms with Crippen LogP contribution in [0.25, 0.3) is 0 Å². The zero-order chi connectivity index (χ0) is 10.7. The average Bonchev–Trinajstić information content (AvgIpc) is 2.31. The van der Waals surface area contributed by atoms with Gasteiger partial charge in [-0.15, -0.1) is 0 Å². The van der Waals surface area contributed by atoms with Crippen molar-refractivity contribution in [2.75, 3.05) is 7.11 Å². The number of hydrogen-bond acceptors (Lipinski definition) is 1. The second kappa shape index (κ2) is 4.69. The van der Waals surface area contributed by atoms with Gasteiger partial charge < -0.3 is 4.74 Å². The Morgan fingerprint density at radius 2 is 1.80 bits per heavy atom. The summed E-state index contributed by atoms with van der Waals surface area (Å²) in [7, 11) is 1.74. The Kier molecular flexibility index (Phi) is 3.30. The SMILES string of the molecule is COc1ccc(C)c([C]2CCCCC2)c1. The molecule has 0 amide bonds. The van der Waals surface area contributed by atoms with Crippen LogP contribution in [0.2, 0.25) is 0 Å². The van der Waals surface area contributed by atoms with Crippen LogP contribution in [0.3, 0.4) is 0 Å². The molecular formula is C14H19O. The van der Waals surface area contributed by atoms with Crippen molar-refractivity contribution in [2.24, 2.45) is 0 Å². The highest BCUT2D eigenvalue weighted by Crippen LogP contribution is 2.34. The maximum absolute atomic E-state index is 5.29. The van der Waals surface area contributed by atoms with E-state index in [9.17, 15) is 0 Å². The van der Waals surface area contributed by atoms with E-state index in [0.29, 0.717) is 0 Å². The van der Waals surface area contributed by atoms with Gasteiger partial charge in [0.2, 0.25) is 0 Å². The van der Waals surface area contributed by atoms with Crippen LogP contribution in [0, 0.1) is 12.8 Å². The van der Waals surface area contributed by atoms with Crippen LogP contribution in [0.5, 0.6) is 5.75 Å². The van der Waals surface area contributed by atoms with Gasteiger partial charge in [0.1, 0.15) is 5.75 Å². The molecule has 0 spiro atoms. The van der Waals surface area contributed by atoms with Crippen LogP contribution in [0.15, 0.2) is 18.2 Å². The van der Waals surface area contributed by atoms with Crippen molar-refractivity contribution in [1.29, 1.82) is 0 Å². The molecule has 15 heavy (non-hydrogen) atoms. The fourth-order valence-corrected chi connectivity index (χ4v) is 2.36. The van der Waals surface area contributed by atoms with Crippen molar-refractivity contribution in [1.82, 2.24) is 0 Å². The first-order valence-electron chi connectivity index (χ1n) is 5.81. The van der Waals surface area contributed by atoms with Gasteiger partial charge in [0.05, 0.1) is 7.11 Å². The first-order chi connectivity index (χ1) is 7.31. The zero-order valence-electron chi connectivity index (χ0n) is 9.68. The first kappa shape index (κ1) is 10.5. The van der Waals surface area contributed by atoms with Gasteiger partial charge in [-0.1, -0.05) is 25.3 Å². The Morgan fingerprint density at radius 3 is 2.47 bits per heavy atom. The fraction of sp³-hybridized carbons (Fsp3) is 0.500. The van der Waals surface area contributed by atoms with E-state index >= 15 is 0 Å². The molecule has 0 heterocycles. The van der Waals surface area contributed by atoms with E-state index < -0.39 is 0 Å². The second-order valence-corrected chi connectivity index (χ2v) is 4.35. The fourth-order valence-electron chi connectivity index (χ4n) is 2.36. The number of aryl methyl sites for hydroxylation is 1. The summed E-state index contributed by atoms with van der Waals surface area (Å²) in [5, 5.41) is 0. The minimum Gasteiger partial charge on any atom is -0.497 e. The Labute approximate surface area is 92.5 Å². The molecule has 1 nitrogen and oxygen atoms in total. The number of methoxy groups -OCH3 is 1. The molecule has 0 unspecified atom stereocenters. The Balaban J connectivity index is 2.24. The van der Waals surface area contributed by atoms with E-state index in [2.05, 4.69) is 19.1 Å². The first-order valence-corrected chi connectivity index (χ1v) is 5.81. The molecule has 1 radical (unpaired) electrons. The summed E-state index contributed by atoms with van der Waals surface area (Å²) in [4.78, 5) is 0. The third-order valence-corrected chi connectivity index (χ3v) is 3.28. The highest BCUT2D eigenvalue weighted by Gasteiger charge is 2.18. The summed E-state index contributed by atoms with van der Waals surface area (Å²) in [5.41, 5.74) is 2.81. The standard InChI is InChI=1S/C14H19O/c1-11-8-9-13(15-2)10-14(11)12-6-4-3-5-7-12/h8-10H,3-7H2,1-2H3. The molecule has 1 saturated carbocycles. The van der Waals surface area contributed by atoms with Crippen LogP contribution in [0.1, 0.15) is 43.2 Å². The van der Waals surface area contributed by atoms with Gasteiger partial charge in [-0.05, 0) is 43.0 Å². The molecule has 1 aromatic rings. The van der Waals surface area contributed by atoms with Crippen molar-refractivity contribution in [3.8, 4) is 5.75 Å². The van der Waals surface area contributed by atoms with Crippen molar-refractivity contribution in [3.63, 3.8) is 0 Å². The lowest BCUT2D eigenvalue weighted by molar-refractivity contribution is 0.414. The molecule has 0 aliphatic heterocycles. The van der Waals surface area contributed by atoms with Gasteiger partial charge in [-0.2, -0.15) is 0 Å². The van der Waals surface area contributed by atoms with Gasteiger partial charge in [0.25, 0.3) is 0 Å². The highest BCUT2D eigenvalue weighted by molar-refractivity contribution is 5.43. The van der Waals surface area contributed by atoms with Crippen LogP contribution in [-0.4, -0.2) is 7.11 Å². The Bertz CT molecular complexity index is 324.